The third-order valence-corrected chi connectivity index (χ3v) is 1.74. The zero-order chi connectivity index (χ0) is 15.2. The Morgan fingerprint density at radius 2 is 1.00 bits per heavy atom. The molecule has 0 spiro atoms. The molecule has 0 fully saturated rings. The minimum absolute atomic E-state index is 0.648. The molecule has 110 valence electrons. The van der Waals surface area contributed by atoms with Crippen molar-refractivity contribution in [2.24, 2.45) is 0 Å². The molecule has 0 aromatic rings. The number of hydrogen-bond acceptors (Lipinski definition) is 1. The molecule has 0 N–H and O–H groups in total. The molecule has 0 aliphatic carbocycles. The van der Waals surface area contributed by atoms with Gasteiger partial charge in [0.05, 0.1) is 0 Å². The van der Waals surface area contributed by atoms with Crippen LogP contribution in [0.3, 0.4) is 0 Å². The average Bonchev–Trinajstić information content (AvgIpc) is 1.96. The van der Waals surface area contributed by atoms with Gasteiger partial charge in [0.25, 0.3) is 0 Å². The van der Waals surface area contributed by atoms with Crippen molar-refractivity contribution in [3.8, 4) is 0 Å². The Bertz CT molecular complexity index is 298. The Morgan fingerprint density at radius 3 is 1.22 bits per heavy atom. The summed E-state index contributed by atoms with van der Waals surface area (Å²) in [7, 11) is 0. The summed E-state index contributed by atoms with van der Waals surface area (Å²) in [5.74, 6) is -17.0. The molecular formula is C7H6F10O. The molecule has 0 aliphatic rings. The van der Waals surface area contributed by atoms with Gasteiger partial charge in [-0.3, -0.25) is 4.74 Å². The maximum Gasteiger partial charge on any atom is 0.448 e. The zero-order valence-corrected chi connectivity index (χ0v) is 8.69. The first-order valence-electron chi connectivity index (χ1n) is 4.05. The van der Waals surface area contributed by atoms with Gasteiger partial charge in [-0.2, -0.15) is 39.5 Å². The third kappa shape index (κ3) is 2.98. The molecular weight excluding hydrogens is 290 g/mol. The fraction of sp³-hybridized carbons (Fsp3) is 1.00. The third-order valence-electron chi connectivity index (χ3n) is 1.74. The van der Waals surface area contributed by atoms with Gasteiger partial charge < -0.3 is 0 Å². The predicted octanol–water partition coefficient (Wildman–Crippen LogP) is 4.13. The molecule has 0 aromatic heterocycles. The number of halogens is 10. The van der Waals surface area contributed by atoms with Crippen LogP contribution in [0, 0.1) is 0 Å². The van der Waals surface area contributed by atoms with E-state index in [0.29, 0.717) is 0 Å². The highest BCUT2D eigenvalue weighted by Crippen LogP contribution is 2.49. The van der Waals surface area contributed by atoms with Crippen molar-refractivity contribution in [1.29, 1.82) is 0 Å². The topological polar surface area (TPSA) is 9.23 Å². The molecule has 1 unspecified atom stereocenters. The van der Waals surface area contributed by atoms with E-state index >= 15 is 0 Å². The monoisotopic (exact) mass is 296 g/mol. The summed E-state index contributed by atoms with van der Waals surface area (Å²) in [6, 6.07) is 0. The van der Waals surface area contributed by atoms with Crippen molar-refractivity contribution in [3.05, 3.63) is 0 Å². The van der Waals surface area contributed by atoms with Crippen molar-refractivity contribution in [3.63, 3.8) is 0 Å². The largest absolute Gasteiger partial charge is 0.448 e. The van der Waals surface area contributed by atoms with Crippen LogP contribution in [0.25, 0.3) is 0 Å². The average molecular weight is 296 g/mol. The van der Waals surface area contributed by atoms with Gasteiger partial charge >= 0.3 is 30.0 Å². The minimum atomic E-state index is -6.36. The van der Waals surface area contributed by atoms with E-state index in [1.165, 1.54) is 0 Å². The highest BCUT2D eigenvalue weighted by molar-refractivity contribution is 4.90. The van der Waals surface area contributed by atoms with Gasteiger partial charge in [0.1, 0.15) is 0 Å². The summed E-state index contributed by atoms with van der Waals surface area (Å²) < 4.78 is 124. The Morgan fingerprint density at radius 1 is 0.667 bits per heavy atom. The van der Waals surface area contributed by atoms with Crippen molar-refractivity contribution in [2.45, 2.75) is 43.8 Å². The van der Waals surface area contributed by atoms with Crippen molar-refractivity contribution in [2.75, 3.05) is 0 Å². The molecule has 0 radical (unpaired) electrons. The summed E-state index contributed by atoms with van der Waals surface area (Å²) in [5, 5.41) is 0. The highest BCUT2D eigenvalue weighted by Gasteiger charge is 2.74. The van der Waals surface area contributed by atoms with E-state index in [1.807, 2.05) is 0 Å². The van der Waals surface area contributed by atoms with Crippen LogP contribution >= 0.6 is 0 Å². The van der Waals surface area contributed by atoms with Crippen LogP contribution in [-0.2, 0) is 4.74 Å². The zero-order valence-electron chi connectivity index (χ0n) is 8.69. The lowest BCUT2D eigenvalue weighted by molar-refractivity contribution is -0.465. The van der Waals surface area contributed by atoms with Crippen molar-refractivity contribution >= 4 is 0 Å². The second kappa shape index (κ2) is 4.14. The van der Waals surface area contributed by atoms with Crippen LogP contribution in [0.4, 0.5) is 43.9 Å². The minimum Gasteiger partial charge on any atom is -0.270 e. The lowest BCUT2D eigenvalue weighted by Gasteiger charge is -2.34. The molecule has 0 saturated carbocycles. The Balaban J connectivity index is 5.33. The summed E-state index contributed by atoms with van der Waals surface area (Å²) in [5.41, 5.74) is 0. The quantitative estimate of drug-likeness (QED) is 0.709. The first-order chi connectivity index (χ1) is 7.46. The maximum absolute atomic E-state index is 12.6. The molecule has 18 heavy (non-hydrogen) atoms. The number of hydrogen-bond donors (Lipinski definition) is 0. The Labute approximate surface area is 93.7 Å². The summed E-state index contributed by atoms with van der Waals surface area (Å²) in [6.07, 6.45) is -12.5. The van der Waals surface area contributed by atoms with E-state index in [0.717, 1.165) is 0 Å². The van der Waals surface area contributed by atoms with Gasteiger partial charge in [-0.15, -0.1) is 0 Å². The molecule has 0 rings (SSSR count). The van der Waals surface area contributed by atoms with Crippen molar-refractivity contribution < 1.29 is 48.6 Å². The lowest BCUT2D eigenvalue weighted by atomic mass is 10.2. The fourth-order valence-corrected chi connectivity index (χ4v) is 0.618. The second-order valence-electron chi connectivity index (χ2n) is 3.50. The maximum atomic E-state index is 12.6. The lowest BCUT2D eigenvalue weighted by Crippen LogP contribution is -2.58. The van der Waals surface area contributed by atoms with Crippen LogP contribution in [-0.4, -0.2) is 30.0 Å². The number of ether oxygens (including phenoxy) is 1. The molecule has 0 aliphatic heterocycles. The summed E-state index contributed by atoms with van der Waals surface area (Å²) in [4.78, 5) is 0. The van der Waals surface area contributed by atoms with Crippen LogP contribution in [0.1, 0.15) is 13.8 Å². The molecule has 0 saturated heterocycles. The van der Waals surface area contributed by atoms with Crippen LogP contribution < -0.4 is 0 Å². The molecule has 1 nitrogen and oxygen atoms in total. The van der Waals surface area contributed by atoms with E-state index in [4.69, 9.17) is 0 Å². The fourth-order valence-electron chi connectivity index (χ4n) is 0.618. The van der Waals surface area contributed by atoms with Gasteiger partial charge in [0, 0.05) is 13.8 Å². The van der Waals surface area contributed by atoms with Gasteiger partial charge in [0.15, 0.2) is 0 Å². The molecule has 0 heterocycles. The van der Waals surface area contributed by atoms with E-state index in [1.54, 1.807) is 0 Å². The van der Waals surface area contributed by atoms with Crippen LogP contribution in [0.5, 0.6) is 0 Å². The first-order valence-corrected chi connectivity index (χ1v) is 4.05. The number of alkyl halides is 10. The van der Waals surface area contributed by atoms with Crippen molar-refractivity contribution in [1.82, 2.24) is 0 Å². The van der Waals surface area contributed by atoms with E-state index in [2.05, 4.69) is 4.74 Å². The summed E-state index contributed by atoms with van der Waals surface area (Å²) >= 11 is 0. The van der Waals surface area contributed by atoms with Crippen LogP contribution in [0.2, 0.25) is 0 Å². The second-order valence-corrected chi connectivity index (χ2v) is 3.50. The highest BCUT2D eigenvalue weighted by atomic mass is 19.4. The van der Waals surface area contributed by atoms with Crippen LogP contribution in [0.15, 0.2) is 0 Å². The predicted molar refractivity (Wildman–Crippen MR) is 37.2 cm³/mol. The first kappa shape index (κ1) is 17.3. The molecule has 0 aromatic carbocycles. The van der Waals surface area contributed by atoms with E-state index < -0.39 is 43.8 Å². The van der Waals surface area contributed by atoms with Gasteiger partial charge in [-0.1, -0.05) is 0 Å². The Hall–Kier alpha value is -0.740. The molecule has 0 bridgehead atoms. The summed E-state index contributed by atoms with van der Waals surface area (Å²) in [6.45, 7) is -1.32. The Kier molecular flexibility index (Phi) is 3.97. The standard InChI is InChI=1S/C7H6F10O/c1-3(8,9)5(11,12)7(16,17)18-4(2,10)6(13,14)15/h1-2H3. The molecule has 0 amide bonds. The normalized spacial score (nSPS) is 18.7. The molecule has 1 atom stereocenters. The van der Waals surface area contributed by atoms with E-state index in [9.17, 15) is 43.9 Å². The number of rotatable bonds is 4. The smallest absolute Gasteiger partial charge is 0.270 e. The molecule has 11 heteroatoms. The van der Waals surface area contributed by atoms with Gasteiger partial charge in [-0.25, -0.2) is 4.39 Å². The SMILES string of the molecule is CC(F)(F)C(F)(F)C(F)(F)OC(C)(F)C(F)(F)F. The van der Waals surface area contributed by atoms with Gasteiger partial charge in [-0.05, 0) is 0 Å². The van der Waals surface area contributed by atoms with E-state index in [-0.39, 0.29) is 0 Å². The van der Waals surface area contributed by atoms with Gasteiger partial charge in [0.2, 0.25) is 0 Å².